The molecule has 33 heavy (non-hydrogen) atoms. The lowest BCUT2D eigenvalue weighted by molar-refractivity contribution is 0.593. The molecule has 4 aromatic carbocycles. The van der Waals surface area contributed by atoms with Crippen molar-refractivity contribution < 1.29 is 0 Å². The molecule has 0 saturated heterocycles. The first-order valence-electron chi connectivity index (χ1n) is 11.8. The van der Waals surface area contributed by atoms with Crippen molar-refractivity contribution in [1.29, 1.82) is 0 Å². The second kappa shape index (κ2) is 7.18. The van der Waals surface area contributed by atoms with E-state index in [0.717, 1.165) is 8.95 Å². The summed E-state index contributed by atoms with van der Waals surface area (Å²) in [6.07, 6.45) is 0. The van der Waals surface area contributed by atoms with Crippen LogP contribution in [0.4, 0.5) is 0 Å². The molecule has 0 spiro atoms. The molecule has 0 bridgehead atoms. The summed E-state index contributed by atoms with van der Waals surface area (Å²) in [7, 11) is 0. The Kier molecular flexibility index (Phi) is 5.03. The van der Waals surface area contributed by atoms with E-state index in [-0.39, 0.29) is 16.2 Å². The van der Waals surface area contributed by atoms with Gasteiger partial charge in [0.05, 0.1) is 0 Å². The summed E-state index contributed by atoms with van der Waals surface area (Å²) >= 11 is 7.47. The van der Waals surface area contributed by atoms with Gasteiger partial charge in [-0.25, -0.2) is 0 Å². The average molecular weight is 564 g/mol. The van der Waals surface area contributed by atoms with Crippen LogP contribution in [0.25, 0.3) is 32.7 Å². The second-order valence-electron chi connectivity index (χ2n) is 12.2. The molecule has 0 atom stereocenters. The predicted octanol–water partition coefficient (Wildman–Crippen LogP) is 10.4. The van der Waals surface area contributed by atoms with E-state index in [2.05, 4.69) is 136 Å². The first-order valence-corrected chi connectivity index (χ1v) is 13.3. The third-order valence-corrected chi connectivity index (χ3v) is 8.32. The van der Waals surface area contributed by atoms with Crippen molar-refractivity contribution in [3.05, 3.63) is 79.7 Å². The van der Waals surface area contributed by atoms with Gasteiger partial charge in [0.25, 0.3) is 0 Å². The zero-order valence-corrected chi connectivity index (χ0v) is 24.0. The molecular formula is C31H32Br2. The fourth-order valence-corrected chi connectivity index (χ4v) is 6.74. The number of fused-ring (bicyclic) bond motifs is 5. The molecule has 0 nitrogen and oxygen atoms in total. The molecule has 5 rings (SSSR count). The molecule has 170 valence electrons. The van der Waals surface area contributed by atoms with E-state index >= 15 is 0 Å². The topological polar surface area (TPSA) is 0 Å². The molecule has 0 amide bonds. The smallest absolute Gasteiger partial charge is 0.0181 e. The zero-order valence-electron chi connectivity index (χ0n) is 20.9. The van der Waals surface area contributed by atoms with Gasteiger partial charge in [-0.3, -0.25) is 0 Å². The molecule has 0 aromatic heterocycles. The molecular weight excluding hydrogens is 532 g/mol. The molecule has 0 heterocycles. The van der Waals surface area contributed by atoms with Crippen LogP contribution in [0.15, 0.2) is 57.5 Å². The van der Waals surface area contributed by atoms with Crippen molar-refractivity contribution in [2.24, 2.45) is 0 Å². The quantitative estimate of drug-likeness (QED) is 0.187. The van der Waals surface area contributed by atoms with E-state index in [1.165, 1.54) is 54.9 Å². The van der Waals surface area contributed by atoms with Gasteiger partial charge in [0.1, 0.15) is 0 Å². The fraction of sp³-hybridized carbons (Fsp3) is 0.355. The van der Waals surface area contributed by atoms with E-state index < -0.39 is 0 Å². The van der Waals surface area contributed by atoms with Crippen LogP contribution in [0.1, 0.15) is 77.6 Å². The number of rotatable bonds is 0. The van der Waals surface area contributed by atoms with Crippen LogP contribution >= 0.6 is 31.9 Å². The molecule has 0 unspecified atom stereocenters. The first kappa shape index (κ1) is 23.1. The summed E-state index contributed by atoms with van der Waals surface area (Å²) in [6, 6.07) is 18.6. The van der Waals surface area contributed by atoms with Crippen LogP contribution in [0.3, 0.4) is 0 Å². The summed E-state index contributed by atoms with van der Waals surface area (Å²) in [5, 5.41) is 5.53. The van der Waals surface area contributed by atoms with Gasteiger partial charge in [-0.05, 0) is 102 Å². The van der Waals surface area contributed by atoms with Crippen molar-refractivity contribution in [1.82, 2.24) is 0 Å². The zero-order chi connectivity index (χ0) is 24.1. The lowest BCUT2D eigenvalue weighted by Crippen LogP contribution is -2.19. The average Bonchev–Trinajstić information content (AvgIpc) is 2.89. The Balaban J connectivity index is 2.06. The maximum absolute atomic E-state index is 3.76. The highest BCUT2D eigenvalue weighted by atomic mass is 79.9. The van der Waals surface area contributed by atoms with E-state index in [0.29, 0.717) is 0 Å². The molecule has 4 aromatic rings. The maximum atomic E-state index is 3.76. The fourth-order valence-electron chi connectivity index (χ4n) is 6.01. The molecule has 0 aliphatic heterocycles. The van der Waals surface area contributed by atoms with Crippen LogP contribution in [-0.4, -0.2) is 0 Å². The maximum Gasteiger partial charge on any atom is 0.0181 e. The van der Waals surface area contributed by atoms with Gasteiger partial charge in [0.2, 0.25) is 0 Å². The Hall–Kier alpha value is -1.64. The molecule has 1 aliphatic rings. The molecule has 0 saturated carbocycles. The molecule has 1 aliphatic carbocycles. The van der Waals surface area contributed by atoms with Crippen molar-refractivity contribution in [3.63, 3.8) is 0 Å². The number of benzene rings is 4. The lowest BCUT2D eigenvalue weighted by atomic mass is 9.72. The molecule has 0 fully saturated rings. The SMILES string of the molecule is CC(C)(C)c1c2ccc(Br)cc2c(C(C)(C)C)c2cc3c(cc12)-c1ccc(Br)cc1C3(C)C. The summed E-state index contributed by atoms with van der Waals surface area (Å²) in [5.74, 6) is 0. The Bertz CT molecular complexity index is 1460. The summed E-state index contributed by atoms with van der Waals surface area (Å²) in [4.78, 5) is 0. The highest BCUT2D eigenvalue weighted by molar-refractivity contribution is 9.10. The van der Waals surface area contributed by atoms with E-state index in [1.807, 2.05) is 0 Å². The van der Waals surface area contributed by atoms with Crippen LogP contribution in [-0.2, 0) is 16.2 Å². The summed E-state index contributed by atoms with van der Waals surface area (Å²) in [5.41, 5.74) is 8.48. The Morgan fingerprint density at radius 3 is 1.67 bits per heavy atom. The Morgan fingerprint density at radius 1 is 0.545 bits per heavy atom. The highest BCUT2D eigenvalue weighted by Gasteiger charge is 2.37. The predicted molar refractivity (Wildman–Crippen MR) is 152 cm³/mol. The minimum atomic E-state index is -0.0358. The number of hydrogen-bond donors (Lipinski definition) is 0. The first-order chi connectivity index (χ1) is 15.2. The minimum absolute atomic E-state index is 0.0145. The van der Waals surface area contributed by atoms with E-state index in [4.69, 9.17) is 0 Å². The largest absolute Gasteiger partial charge is 0.0560 e. The minimum Gasteiger partial charge on any atom is -0.0560 e. The number of hydrogen-bond acceptors (Lipinski definition) is 0. The van der Waals surface area contributed by atoms with E-state index in [9.17, 15) is 0 Å². The lowest BCUT2D eigenvalue weighted by Gasteiger charge is -2.31. The second-order valence-corrected chi connectivity index (χ2v) is 14.0. The summed E-state index contributed by atoms with van der Waals surface area (Å²) < 4.78 is 2.28. The van der Waals surface area contributed by atoms with E-state index in [1.54, 1.807) is 0 Å². The van der Waals surface area contributed by atoms with Crippen LogP contribution in [0.5, 0.6) is 0 Å². The summed E-state index contributed by atoms with van der Waals surface area (Å²) in [6.45, 7) is 18.8. The van der Waals surface area contributed by atoms with Gasteiger partial charge < -0.3 is 0 Å². The van der Waals surface area contributed by atoms with Gasteiger partial charge in [0, 0.05) is 14.4 Å². The van der Waals surface area contributed by atoms with Gasteiger partial charge in [-0.1, -0.05) is 99.4 Å². The van der Waals surface area contributed by atoms with Gasteiger partial charge in [-0.15, -0.1) is 0 Å². The highest BCUT2D eigenvalue weighted by Crippen LogP contribution is 2.53. The normalized spacial score (nSPS) is 15.2. The Labute approximate surface area is 215 Å². The monoisotopic (exact) mass is 562 g/mol. The third-order valence-electron chi connectivity index (χ3n) is 7.34. The molecule has 2 heteroatoms. The van der Waals surface area contributed by atoms with Gasteiger partial charge in [0.15, 0.2) is 0 Å². The molecule has 0 radical (unpaired) electrons. The van der Waals surface area contributed by atoms with Crippen molar-refractivity contribution in [3.8, 4) is 11.1 Å². The van der Waals surface area contributed by atoms with Crippen LogP contribution in [0, 0.1) is 0 Å². The van der Waals surface area contributed by atoms with Gasteiger partial charge in [-0.2, -0.15) is 0 Å². The molecule has 0 N–H and O–H groups in total. The Morgan fingerprint density at radius 2 is 1.03 bits per heavy atom. The van der Waals surface area contributed by atoms with Crippen molar-refractivity contribution in [2.45, 2.75) is 71.6 Å². The van der Waals surface area contributed by atoms with Crippen LogP contribution in [0.2, 0.25) is 0 Å². The van der Waals surface area contributed by atoms with Gasteiger partial charge >= 0.3 is 0 Å². The number of halogens is 2. The third kappa shape index (κ3) is 3.43. The standard InChI is InChI=1S/C31H32Br2/c1-29(2,3)27-20-12-10-17(32)13-22(20)28(30(4,5)6)24-16-26-21(15-23(24)27)19-11-9-18(33)14-25(19)31(26,7)8/h9-16H,1-8H3. The van der Waals surface area contributed by atoms with Crippen molar-refractivity contribution in [2.75, 3.05) is 0 Å². The van der Waals surface area contributed by atoms with Crippen LogP contribution < -0.4 is 0 Å². The van der Waals surface area contributed by atoms with Crippen molar-refractivity contribution >= 4 is 53.4 Å².